The van der Waals surface area contributed by atoms with Gasteiger partial charge in [0.15, 0.2) is 0 Å². The highest BCUT2D eigenvalue weighted by Crippen LogP contribution is 2.24. The molecule has 144 valence electrons. The minimum Gasteiger partial charge on any atom is -0.497 e. The summed E-state index contributed by atoms with van der Waals surface area (Å²) in [6, 6.07) is 20.9. The highest BCUT2D eigenvalue weighted by atomic mass is 35.5. The number of rotatable bonds is 7. The molecule has 0 aliphatic carbocycles. The molecule has 28 heavy (non-hydrogen) atoms. The molecule has 0 atom stereocenters. The minimum absolute atomic E-state index is 0.327. The van der Waals surface area contributed by atoms with Crippen LogP contribution in [-0.4, -0.2) is 12.1 Å². The molecule has 0 saturated heterocycles. The summed E-state index contributed by atoms with van der Waals surface area (Å²) in [6.07, 6.45) is 0. The van der Waals surface area contributed by atoms with E-state index >= 15 is 0 Å². The van der Waals surface area contributed by atoms with E-state index in [2.05, 4.69) is 5.32 Å². The zero-order valence-corrected chi connectivity index (χ0v) is 17.6. The Morgan fingerprint density at radius 2 is 1.75 bits per heavy atom. The normalized spacial score (nSPS) is 10.4. The summed E-state index contributed by atoms with van der Waals surface area (Å²) in [5.41, 5.74) is 2.79. The summed E-state index contributed by atoms with van der Waals surface area (Å²) in [4.78, 5) is 0.619. The first-order valence-corrected chi connectivity index (χ1v) is 9.80. The van der Waals surface area contributed by atoms with Gasteiger partial charge >= 0.3 is 0 Å². The molecule has 3 nitrogen and oxygen atoms in total. The van der Waals surface area contributed by atoms with Crippen LogP contribution in [0, 0.1) is 0 Å². The van der Waals surface area contributed by atoms with E-state index in [1.165, 1.54) is 0 Å². The lowest BCUT2D eigenvalue weighted by Crippen LogP contribution is -2.22. The summed E-state index contributed by atoms with van der Waals surface area (Å²) < 4.78 is 11.2. The summed E-state index contributed by atoms with van der Waals surface area (Å²) in [7, 11) is 1.65. The molecule has 6 heteroatoms. The first-order valence-electron chi connectivity index (χ1n) is 8.63. The molecule has 0 amide bonds. The molecule has 0 unspecified atom stereocenters. The standard InChI is InChI=1S/C22H19Cl2NO2S/c1-26-18-10-6-15(7-11-18)13-25-22(28)19-4-2-3-5-21(19)27-14-16-8-9-17(23)12-20(16)24/h2-12H,13-14H2,1H3,(H,25,28). The van der Waals surface area contributed by atoms with Crippen LogP contribution in [0.4, 0.5) is 0 Å². The maximum atomic E-state index is 6.23. The number of halogens is 2. The van der Waals surface area contributed by atoms with Crippen LogP contribution in [0.2, 0.25) is 10.0 Å². The van der Waals surface area contributed by atoms with Crippen molar-refractivity contribution >= 4 is 40.4 Å². The largest absolute Gasteiger partial charge is 0.497 e. The zero-order valence-electron chi connectivity index (χ0n) is 15.2. The van der Waals surface area contributed by atoms with Crippen LogP contribution in [0.5, 0.6) is 11.5 Å². The predicted molar refractivity (Wildman–Crippen MR) is 119 cm³/mol. The Morgan fingerprint density at radius 1 is 1.00 bits per heavy atom. The SMILES string of the molecule is COc1ccc(CNC(=S)c2ccccc2OCc2ccc(Cl)cc2Cl)cc1. The number of para-hydroxylation sites is 1. The smallest absolute Gasteiger partial charge is 0.129 e. The lowest BCUT2D eigenvalue weighted by atomic mass is 10.1. The fraction of sp³-hybridized carbons (Fsp3) is 0.136. The van der Waals surface area contributed by atoms with Gasteiger partial charge in [-0.15, -0.1) is 0 Å². The predicted octanol–water partition coefficient (Wildman–Crippen LogP) is 6.05. The highest BCUT2D eigenvalue weighted by molar-refractivity contribution is 7.80. The Bertz CT molecular complexity index is 961. The molecule has 3 aromatic carbocycles. The Kier molecular flexibility index (Phi) is 7.15. The maximum absolute atomic E-state index is 6.23. The molecule has 0 aromatic heterocycles. The van der Waals surface area contributed by atoms with E-state index in [9.17, 15) is 0 Å². The number of thiocarbonyl (C=S) groups is 1. The second-order valence-corrected chi connectivity index (χ2v) is 7.30. The minimum atomic E-state index is 0.327. The Hall–Kier alpha value is -2.27. The van der Waals surface area contributed by atoms with Crippen molar-refractivity contribution in [2.75, 3.05) is 7.11 Å². The van der Waals surface area contributed by atoms with Gasteiger partial charge in [-0.3, -0.25) is 0 Å². The van der Waals surface area contributed by atoms with Gasteiger partial charge in [0.2, 0.25) is 0 Å². The Balaban J connectivity index is 1.65. The van der Waals surface area contributed by atoms with Crippen LogP contribution in [0.3, 0.4) is 0 Å². The number of hydrogen-bond donors (Lipinski definition) is 1. The number of hydrogen-bond acceptors (Lipinski definition) is 3. The molecule has 0 fully saturated rings. The van der Waals surface area contributed by atoms with Crippen LogP contribution >= 0.6 is 35.4 Å². The van der Waals surface area contributed by atoms with Crippen molar-refractivity contribution in [1.29, 1.82) is 0 Å². The third-order valence-electron chi connectivity index (χ3n) is 4.14. The van der Waals surface area contributed by atoms with E-state index in [0.717, 1.165) is 22.4 Å². The first kappa shape index (κ1) is 20.5. The van der Waals surface area contributed by atoms with Gasteiger partial charge in [-0.05, 0) is 42.0 Å². The third-order valence-corrected chi connectivity index (χ3v) is 5.09. The topological polar surface area (TPSA) is 30.5 Å². The van der Waals surface area contributed by atoms with E-state index < -0.39 is 0 Å². The molecule has 0 heterocycles. The van der Waals surface area contributed by atoms with Crippen LogP contribution in [0.1, 0.15) is 16.7 Å². The van der Waals surface area contributed by atoms with Gasteiger partial charge in [-0.2, -0.15) is 0 Å². The lowest BCUT2D eigenvalue weighted by Gasteiger charge is -2.14. The van der Waals surface area contributed by atoms with Crippen molar-refractivity contribution < 1.29 is 9.47 Å². The maximum Gasteiger partial charge on any atom is 0.129 e. The second kappa shape index (κ2) is 9.78. The van der Waals surface area contributed by atoms with E-state index in [4.69, 9.17) is 44.9 Å². The molecule has 0 radical (unpaired) electrons. The van der Waals surface area contributed by atoms with Crippen molar-refractivity contribution in [3.63, 3.8) is 0 Å². The fourth-order valence-corrected chi connectivity index (χ4v) is 3.30. The van der Waals surface area contributed by atoms with E-state index in [1.807, 2.05) is 54.6 Å². The van der Waals surface area contributed by atoms with E-state index in [-0.39, 0.29) is 0 Å². The molecule has 3 aromatic rings. The number of ether oxygens (including phenoxy) is 2. The molecule has 0 aliphatic rings. The van der Waals surface area contributed by atoms with Crippen molar-refractivity contribution in [3.8, 4) is 11.5 Å². The molecule has 0 saturated carbocycles. The van der Waals surface area contributed by atoms with Gasteiger partial charge in [-0.1, -0.05) is 65.8 Å². The molecular weight excluding hydrogens is 413 g/mol. The molecule has 3 rings (SSSR count). The fourth-order valence-electron chi connectivity index (χ4n) is 2.60. The van der Waals surface area contributed by atoms with Crippen LogP contribution < -0.4 is 14.8 Å². The molecule has 0 aliphatic heterocycles. The molecular formula is C22H19Cl2NO2S. The number of nitrogens with one attached hydrogen (secondary N) is 1. The van der Waals surface area contributed by atoms with Gasteiger partial charge in [-0.25, -0.2) is 0 Å². The summed E-state index contributed by atoms with van der Waals surface area (Å²) >= 11 is 17.7. The lowest BCUT2D eigenvalue weighted by molar-refractivity contribution is 0.305. The quantitative estimate of drug-likeness (QED) is 0.461. The van der Waals surface area contributed by atoms with Crippen molar-refractivity contribution in [2.24, 2.45) is 0 Å². The van der Waals surface area contributed by atoms with Crippen LogP contribution in [0.15, 0.2) is 66.7 Å². The molecule has 0 spiro atoms. The third kappa shape index (κ3) is 5.38. The summed E-state index contributed by atoms with van der Waals surface area (Å²) in [5.74, 6) is 1.52. The monoisotopic (exact) mass is 431 g/mol. The summed E-state index contributed by atoms with van der Waals surface area (Å²) in [6.45, 7) is 0.939. The van der Waals surface area contributed by atoms with Crippen molar-refractivity contribution in [3.05, 3.63) is 93.5 Å². The second-order valence-electron chi connectivity index (χ2n) is 6.05. The number of methoxy groups -OCH3 is 1. The van der Waals surface area contributed by atoms with Crippen molar-refractivity contribution in [1.82, 2.24) is 5.32 Å². The average molecular weight is 432 g/mol. The van der Waals surface area contributed by atoms with Crippen LogP contribution in [-0.2, 0) is 13.2 Å². The molecule has 0 bridgehead atoms. The van der Waals surface area contributed by atoms with E-state index in [1.54, 1.807) is 19.2 Å². The Morgan fingerprint density at radius 3 is 2.46 bits per heavy atom. The first-order chi connectivity index (χ1) is 13.6. The highest BCUT2D eigenvalue weighted by Gasteiger charge is 2.10. The summed E-state index contributed by atoms with van der Waals surface area (Å²) in [5, 5.41) is 4.45. The van der Waals surface area contributed by atoms with Gasteiger partial charge in [0, 0.05) is 22.2 Å². The number of benzene rings is 3. The average Bonchev–Trinajstić information content (AvgIpc) is 2.72. The van der Waals surface area contributed by atoms with Gasteiger partial charge < -0.3 is 14.8 Å². The van der Waals surface area contributed by atoms with Crippen molar-refractivity contribution in [2.45, 2.75) is 13.2 Å². The van der Waals surface area contributed by atoms with Gasteiger partial charge in [0.25, 0.3) is 0 Å². The zero-order chi connectivity index (χ0) is 19.9. The van der Waals surface area contributed by atoms with Crippen LogP contribution in [0.25, 0.3) is 0 Å². The van der Waals surface area contributed by atoms with Gasteiger partial charge in [0.1, 0.15) is 23.1 Å². The Labute approximate surface area is 180 Å². The molecule has 1 N–H and O–H groups in total. The van der Waals surface area contributed by atoms with Gasteiger partial charge in [0.05, 0.1) is 12.7 Å². The van der Waals surface area contributed by atoms with E-state index in [0.29, 0.717) is 33.9 Å².